The summed E-state index contributed by atoms with van der Waals surface area (Å²) in [6, 6.07) is 50.1. The lowest BCUT2D eigenvalue weighted by Gasteiger charge is -2.33. The Hall–Kier alpha value is -10.7. The lowest BCUT2D eigenvalue weighted by Crippen LogP contribution is -2.42. The largest absolute Gasteiger partial charge is 0.497 e. The van der Waals surface area contributed by atoms with E-state index < -0.39 is 0 Å². The molecule has 0 atom stereocenters. The van der Waals surface area contributed by atoms with E-state index in [1.165, 1.54) is 25.0 Å². The van der Waals surface area contributed by atoms with Crippen molar-refractivity contribution in [3.8, 4) is 17.2 Å². The smallest absolute Gasteiger partial charge is 0.259 e. The number of rotatable bonds is 21. The number of aromatic nitrogens is 3. The van der Waals surface area contributed by atoms with Gasteiger partial charge < -0.3 is 60.8 Å². The maximum Gasteiger partial charge on any atom is 0.259 e. The van der Waals surface area contributed by atoms with E-state index in [0.717, 1.165) is 97.7 Å². The van der Waals surface area contributed by atoms with Gasteiger partial charge in [-0.2, -0.15) is 0 Å². The Labute approximate surface area is 585 Å². The Balaban J connectivity index is 0.000000159. The zero-order chi connectivity index (χ0) is 68.9. The summed E-state index contributed by atoms with van der Waals surface area (Å²) in [5, 5.41) is 36.6. The Kier molecular flexibility index (Phi) is 24.5. The van der Waals surface area contributed by atoms with Crippen molar-refractivity contribution < 1.29 is 28.6 Å². The minimum absolute atomic E-state index is 0.293. The van der Waals surface area contributed by atoms with E-state index in [0.29, 0.717) is 115 Å². The number of pyridine rings is 3. The standard InChI is InChI=1S/C26H28ClN5O2.2C24H24ClN5O2/c1-34-21-10-11-23(22(15-21)26(33)31-24-12-9-20(27)17-30-24)29-16-18-5-7-19(8-6-18)25(28)32-13-3-2-4-14-32;1-30-12-11-26-23(30)17-5-3-16(4-6-17)14-27-21-9-8-19(32-2)13-20(21)24(31)29-22-10-7-18(25)15-28-22;1-32-19-8-9-21(20(13-19)24(31)29-22-10-7-18(25)15-28-22)27-14-16-3-5-17(6-4-16)23(26)30-11-2-12-30/h5-12,15,17,28-29H,2-4,13-14,16H2,1H3,(H,30,31,33);3-10,13,15,27H,11-12,14H2,1-2H3,(H,28,29,31);3-10,13,15,26-27H,2,11-12,14H2,1H3,(H,28,29,31). The van der Waals surface area contributed by atoms with Crippen LogP contribution in [0.15, 0.2) is 187 Å². The van der Waals surface area contributed by atoms with Crippen LogP contribution in [0.25, 0.3) is 0 Å². The molecule has 21 nitrogen and oxygen atoms in total. The lowest BCUT2D eigenvalue weighted by atomic mass is 10.1. The van der Waals surface area contributed by atoms with Gasteiger partial charge in [0.1, 0.15) is 52.2 Å². The summed E-state index contributed by atoms with van der Waals surface area (Å²) >= 11 is 17.6. The Morgan fingerprint density at radius 1 is 0.439 bits per heavy atom. The second-order valence-corrected chi connectivity index (χ2v) is 24.4. The average molecular weight is 1380 g/mol. The van der Waals surface area contributed by atoms with E-state index in [-0.39, 0.29) is 17.7 Å². The number of nitrogens with zero attached hydrogens (tertiary/aromatic N) is 7. The van der Waals surface area contributed by atoms with Gasteiger partial charge in [0.05, 0.1) is 59.6 Å². The summed E-state index contributed by atoms with van der Waals surface area (Å²) in [4.78, 5) is 62.1. The molecule has 6 aromatic carbocycles. The molecule has 2 fully saturated rings. The zero-order valence-corrected chi connectivity index (χ0v) is 57.0. The van der Waals surface area contributed by atoms with Crippen LogP contribution >= 0.6 is 34.8 Å². The Bertz CT molecular complexity index is 4250. The molecule has 3 aliphatic rings. The van der Waals surface area contributed by atoms with Crippen molar-refractivity contribution in [3.63, 3.8) is 0 Å². The molecule has 0 radical (unpaired) electrons. The van der Waals surface area contributed by atoms with Crippen LogP contribution in [0.4, 0.5) is 34.5 Å². The van der Waals surface area contributed by atoms with Crippen LogP contribution in [0, 0.1) is 10.8 Å². The summed E-state index contributed by atoms with van der Waals surface area (Å²) in [5.41, 5.74) is 9.53. The molecule has 9 aromatic rings. The first-order valence-corrected chi connectivity index (χ1v) is 33.0. The summed E-state index contributed by atoms with van der Waals surface area (Å²) in [7, 11) is 6.74. The molecule has 98 heavy (non-hydrogen) atoms. The first kappa shape index (κ1) is 70.1. The molecule has 3 aliphatic heterocycles. The number of amides is 3. The van der Waals surface area contributed by atoms with Gasteiger partial charge in [0.25, 0.3) is 17.7 Å². The molecular formula is C74H76Cl3N15O6. The molecule has 3 amide bonds. The SMILES string of the molecule is COc1ccc(NCc2ccc(C(=N)N3CCC3)cc2)c(C(=O)Nc2ccc(Cl)cn2)c1.COc1ccc(NCc2ccc(C(=N)N3CCCCC3)cc2)c(C(=O)Nc2ccc(Cl)cn2)c1.COc1ccc(NCc2ccc(C3=NCCN3C)cc2)c(C(=O)Nc2ccc(Cl)cn2)c1. The maximum atomic E-state index is 13.0. The topological polar surface area (TPSA) is 260 Å². The number of likely N-dealkylation sites (tertiary alicyclic amines) is 2. The molecule has 8 N–H and O–H groups in total. The number of anilines is 6. The molecule has 0 unspecified atom stereocenters. The molecule has 0 aliphatic carbocycles. The highest BCUT2D eigenvalue weighted by Gasteiger charge is 2.22. The molecule has 6 heterocycles. The number of methoxy groups -OCH3 is 3. The fourth-order valence-corrected chi connectivity index (χ4v) is 11.0. The van der Waals surface area contributed by atoms with Gasteiger partial charge in [-0.15, -0.1) is 0 Å². The highest BCUT2D eigenvalue weighted by atomic mass is 35.5. The van der Waals surface area contributed by atoms with Crippen LogP contribution in [-0.2, 0) is 19.6 Å². The third-order valence-electron chi connectivity index (χ3n) is 16.3. The van der Waals surface area contributed by atoms with E-state index in [1.807, 2.05) is 78.9 Å². The summed E-state index contributed by atoms with van der Waals surface area (Å²) in [6.45, 7) is 7.23. The van der Waals surface area contributed by atoms with Gasteiger partial charge in [-0.25, -0.2) is 15.0 Å². The van der Waals surface area contributed by atoms with Gasteiger partial charge in [-0.05, 0) is 133 Å². The van der Waals surface area contributed by atoms with E-state index in [1.54, 1.807) is 82.0 Å². The summed E-state index contributed by atoms with van der Waals surface area (Å²) < 4.78 is 15.9. The van der Waals surface area contributed by atoms with Crippen molar-refractivity contribution in [2.24, 2.45) is 4.99 Å². The quantitative estimate of drug-likeness (QED) is 0.0246. The van der Waals surface area contributed by atoms with Crippen molar-refractivity contribution in [1.82, 2.24) is 29.7 Å². The average Bonchev–Trinajstić information content (AvgIpc) is 2.24. The number of benzene rings is 6. The molecule has 12 rings (SSSR count). The van der Waals surface area contributed by atoms with Crippen LogP contribution in [-0.4, -0.2) is 133 Å². The molecule has 0 bridgehead atoms. The van der Waals surface area contributed by atoms with Crippen molar-refractivity contribution in [3.05, 3.63) is 248 Å². The normalized spacial score (nSPS) is 13.0. The molecule has 2 saturated heterocycles. The minimum Gasteiger partial charge on any atom is -0.497 e. The molecule has 0 spiro atoms. The van der Waals surface area contributed by atoms with Gasteiger partial charge in [0.2, 0.25) is 0 Å². The molecular weight excluding hydrogens is 1300 g/mol. The van der Waals surface area contributed by atoms with Crippen molar-refractivity contribution >= 4 is 105 Å². The highest BCUT2D eigenvalue weighted by Crippen LogP contribution is 2.29. The van der Waals surface area contributed by atoms with Crippen molar-refractivity contribution in [1.29, 1.82) is 10.8 Å². The number of carbonyl (C=O) groups excluding carboxylic acids is 3. The number of ether oxygens (including phenoxy) is 3. The van der Waals surface area contributed by atoms with E-state index in [4.69, 9.17) is 59.8 Å². The van der Waals surface area contributed by atoms with Crippen LogP contribution in [0.5, 0.6) is 17.2 Å². The summed E-state index contributed by atoms with van der Waals surface area (Å²) in [6.07, 6.45) is 9.14. The van der Waals surface area contributed by atoms with Crippen molar-refractivity contribution in [2.45, 2.75) is 45.3 Å². The number of hydrogen-bond acceptors (Lipinski definition) is 16. The first-order valence-electron chi connectivity index (χ1n) is 31.8. The second-order valence-electron chi connectivity index (χ2n) is 23.0. The fraction of sp³-hybridized carbons (Fsp3) is 0.230. The van der Waals surface area contributed by atoms with E-state index in [9.17, 15) is 14.4 Å². The third-order valence-corrected chi connectivity index (χ3v) is 17.0. The fourth-order valence-electron chi connectivity index (χ4n) is 10.7. The maximum absolute atomic E-state index is 13.0. The predicted octanol–water partition coefficient (Wildman–Crippen LogP) is 14.4. The number of amidine groups is 3. The number of aliphatic imine (C=N–C) groups is 1. The zero-order valence-electron chi connectivity index (χ0n) is 54.7. The molecule has 0 saturated carbocycles. The van der Waals surface area contributed by atoms with Crippen LogP contribution < -0.4 is 46.1 Å². The van der Waals surface area contributed by atoms with Crippen molar-refractivity contribution in [2.75, 3.05) is 99.5 Å². The summed E-state index contributed by atoms with van der Waals surface area (Å²) in [5.74, 6) is 4.28. The monoisotopic (exact) mass is 1380 g/mol. The number of halogens is 3. The van der Waals surface area contributed by atoms with Gasteiger partial charge in [-0.1, -0.05) is 108 Å². The molecule has 504 valence electrons. The lowest BCUT2D eigenvalue weighted by molar-refractivity contribution is 0.101. The molecule has 24 heteroatoms. The second kappa shape index (κ2) is 34.3. The number of nitrogens with one attached hydrogen (secondary N) is 8. The van der Waals surface area contributed by atoms with Gasteiger partial charge in [0.15, 0.2) is 0 Å². The minimum atomic E-state index is -0.306. The molecule has 3 aromatic heterocycles. The predicted molar refractivity (Wildman–Crippen MR) is 391 cm³/mol. The van der Waals surface area contributed by atoms with E-state index >= 15 is 0 Å². The van der Waals surface area contributed by atoms with Gasteiger partial charge in [-0.3, -0.25) is 30.2 Å². The highest BCUT2D eigenvalue weighted by molar-refractivity contribution is 6.31. The number of carbonyl (C=O) groups is 3. The first-order chi connectivity index (χ1) is 47.6. The van der Waals surface area contributed by atoms with Crippen LogP contribution in [0.3, 0.4) is 0 Å². The van der Waals surface area contributed by atoms with Gasteiger partial charge in [0, 0.05) is 112 Å². The Morgan fingerprint density at radius 3 is 1.08 bits per heavy atom. The number of hydrogen-bond donors (Lipinski definition) is 8. The number of piperidine rings is 1. The van der Waals surface area contributed by atoms with E-state index in [2.05, 4.69) is 97.9 Å². The van der Waals surface area contributed by atoms with Crippen LogP contribution in [0.1, 0.15) is 90.1 Å². The van der Waals surface area contributed by atoms with Gasteiger partial charge >= 0.3 is 0 Å². The van der Waals surface area contributed by atoms with Crippen LogP contribution in [0.2, 0.25) is 15.1 Å². The third kappa shape index (κ3) is 19.3. The Morgan fingerprint density at radius 2 is 0.786 bits per heavy atom. The number of likely N-dealkylation sites (N-methyl/N-ethyl adjacent to an activating group) is 1.